The van der Waals surface area contributed by atoms with Gasteiger partial charge >= 0.3 is 0 Å². The standard InChI is InChI=1S/C23H31N3O4S/c1-26(2)16-19-9-5-4-8-18(19)15-24-23(27)17-12-13-21(30-3)22(14-17)31(28,29)25-20-10-6-7-11-20/h4-5,8-9,12-14,20,25H,6-7,10-11,15-16H2,1-3H3,(H,24,27). The molecule has 2 aromatic rings. The van der Waals surface area contributed by atoms with Crippen LogP contribution in [-0.4, -0.2) is 46.5 Å². The number of carbonyl (C=O) groups excluding carboxylic acids is 1. The molecular weight excluding hydrogens is 414 g/mol. The summed E-state index contributed by atoms with van der Waals surface area (Å²) in [4.78, 5) is 14.9. The summed E-state index contributed by atoms with van der Waals surface area (Å²) in [5, 5.41) is 2.90. The van der Waals surface area contributed by atoms with Gasteiger partial charge in [0.25, 0.3) is 5.91 Å². The molecule has 3 rings (SSSR count). The number of hydrogen-bond donors (Lipinski definition) is 2. The Morgan fingerprint density at radius 1 is 1.10 bits per heavy atom. The van der Waals surface area contributed by atoms with Gasteiger partial charge in [-0.1, -0.05) is 37.1 Å². The zero-order valence-corrected chi connectivity index (χ0v) is 19.2. The van der Waals surface area contributed by atoms with Gasteiger partial charge in [-0.2, -0.15) is 0 Å². The Morgan fingerprint density at radius 3 is 2.42 bits per heavy atom. The first-order valence-corrected chi connectivity index (χ1v) is 12.0. The second kappa shape index (κ2) is 10.3. The topological polar surface area (TPSA) is 87.7 Å². The smallest absolute Gasteiger partial charge is 0.251 e. The lowest BCUT2D eigenvalue weighted by Crippen LogP contribution is -2.33. The fourth-order valence-corrected chi connectivity index (χ4v) is 5.36. The third-order valence-electron chi connectivity index (χ3n) is 5.44. The number of methoxy groups -OCH3 is 1. The van der Waals surface area contributed by atoms with Crippen LogP contribution in [0, 0.1) is 0 Å². The molecule has 31 heavy (non-hydrogen) atoms. The zero-order chi connectivity index (χ0) is 22.4. The Morgan fingerprint density at radius 2 is 1.77 bits per heavy atom. The molecule has 8 heteroatoms. The molecule has 7 nitrogen and oxygen atoms in total. The van der Waals surface area contributed by atoms with Crippen LogP contribution in [0.2, 0.25) is 0 Å². The number of hydrogen-bond acceptors (Lipinski definition) is 5. The Bertz CT molecular complexity index is 1020. The summed E-state index contributed by atoms with van der Waals surface area (Å²) in [6, 6.07) is 12.3. The minimum Gasteiger partial charge on any atom is -0.495 e. The van der Waals surface area contributed by atoms with E-state index in [2.05, 4.69) is 14.9 Å². The van der Waals surface area contributed by atoms with E-state index in [4.69, 9.17) is 4.74 Å². The lowest BCUT2D eigenvalue weighted by molar-refractivity contribution is 0.0950. The van der Waals surface area contributed by atoms with E-state index in [-0.39, 0.29) is 28.2 Å². The molecule has 0 bridgehead atoms. The summed E-state index contributed by atoms with van der Waals surface area (Å²) in [6.45, 7) is 1.13. The van der Waals surface area contributed by atoms with E-state index in [0.717, 1.165) is 43.4 Å². The number of rotatable bonds is 9. The molecule has 0 aromatic heterocycles. The number of ether oxygens (including phenoxy) is 1. The predicted octanol–water partition coefficient (Wildman–Crippen LogP) is 2.91. The van der Waals surface area contributed by atoms with E-state index >= 15 is 0 Å². The van der Waals surface area contributed by atoms with E-state index in [0.29, 0.717) is 6.54 Å². The van der Waals surface area contributed by atoms with Gasteiger partial charge in [0.15, 0.2) is 0 Å². The number of nitrogens with zero attached hydrogens (tertiary/aromatic N) is 1. The maximum Gasteiger partial charge on any atom is 0.251 e. The van der Waals surface area contributed by atoms with Crippen LogP contribution in [0.3, 0.4) is 0 Å². The zero-order valence-electron chi connectivity index (χ0n) is 18.3. The molecule has 1 fully saturated rings. The van der Waals surface area contributed by atoms with Crippen LogP contribution in [0.1, 0.15) is 47.2 Å². The van der Waals surface area contributed by atoms with Crippen molar-refractivity contribution in [3.8, 4) is 5.75 Å². The first-order valence-electron chi connectivity index (χ1n) is 10.5. The molecule has 0 unspecified atom stereocenters. The second-order valence-electron chi connectivity index (χ2n) is 8.16. The largest absolute Gasteiger partial charge is 0.495 e. The Hall–Kier alpha value is -2.42. The van der Waals surface area contributed by atoms with Crippen molar-refractivity contribution in [3.63, 3.8) is 0 Å². The van der Waals surface area contributed by atoms with Crippen molar-refractivity contribution in [1.82, 2.24) is 14.9 Å². The van der Waals surface area contributed by atoms with E-state index in [1.165, 1.54) is 19.2 Å². The molecule has 0 spiro atoms. The van der Waals surface area contributed by atoms with E-state index in [1.807, 2.05) is 38.4 Å². The molecule has 1 aliphatic carbocycles. The van der Waals surface area contributed by atoms with E-state index in [1.54, 1.807) is 6.07 Å². The molecule has 0 saturated heterocycles. The van der Waals surface area contributed by atoms with Gasteiger partial charge in [0.05, 0.1) is 7.11 Å². The van der Waals surface area contributed by atoms with Crippen molar-refractivity contribution in [1.29, 1.82) is 0 Å². The number of benzene rings is 2. The van der Waals surface area contributed by atoms with Gasteiger partial charge in [-0.3, -0.25) is 4.79 Å². The minimum atomic E-state index is -3.79. The van der Waals surface area contributed by atoms with Crippen LogP contribution in [-0.2, 0) is 23.1 Å². The maximum atomic E-state index is 12.9. The van der Waals surface area contributed by atoms with Gasteiger partial charge < -0.3 is 15.0 Å². The number of sulfonamides is 1. The molecule has 1 amide bonds. The van der Waals surface area contributed by atoms with Crippen molar-refractivity contribution in [2.45, 2.75) is 49.7 Å². The van der Waals surface area contributed by atoms with Gasteiger partial charge in [0, 0.05) is 24.7 Å². The van der Waals surface area contributed by atoms with Crippen LogP contribution in [0.4, 0.5) is 0 Å². The number of nitrogens with one attached hydrogen (secondary N) is 2. The highest BCUT2D eigenvalue weighted by Crippen LogP contribution is 2.27. The Labute approximate surface area is 184 Å². The highest BCUT2D eigenvalue weighted by molar-refractivity contribution is 7.89. The maximum absolute atomic E-state index is 12.9. The molecule has 0 radical (unpaired) electrons. The quantitative estimate of drug-likeness (QED) is 0.620. The molecule has 2 N–H and O–H groups in total. The van der Waals surface area contributed by atoms with Crippen LogP contribution in [0.5, 0.6) is 5.75 Å². The van der Waals surface area contributed by atoms with Crippen molar-refractivity contribution in [2.75, 3.05) is 21.2 Å². The SMILES string of the molecule is COc1ccc(C(=O)NCc2ccccc2CN(C)C)cc1S(=O)(=O)NC1CCCC1. The molecule has 168 valence electrons. The highest BCUT2D eigenvalue weighted by atomic mass is 32.2. The first kappa shape index (κ1) is 23.2. The van der Waals surface area contributed by atoms with Gasteiger partial charge in [-0.05, 0) is 56.3 Å². The first-order chi connectivity index (χ1) is 14.8. The molecule has 0 heterocycles. The minimum absolute atomic E-state index is 0.0115. The fraction of sp³-hybridized carbons (Fsp3) is 0.435. The van der Waals surface area contributed by atoms with E-state index < -0.39 is 10.0 Å². The normalized spacial score (nSPS) is 14.7. The summed E-state index contributed by atoms with van der Waals surface area (Å²) in [7, 11) is 1.62. The lowest BCUT2D eigenvalue weighted by Gasteiger charge is -2.16. The van der Waals surface area contributed by atoms with Crippen LogP contribution >= 0.6 is 0 Å². The number of carbonyl (C=O) groups is 1. The van der Waals surface area contributed by atoms with Gasteiger partial charge in [-0.25, -0.2) is 13.1 Å². The fourth-order valence-electron chi connectivity index (χ4n) is 3.86. The van der Waals surface area contributed by atoms with Crippen molar-refractivity contribution < 1.29 is 17.9 Å². The van der Waals surface area contributed by atoms with Gasteiger partial charge in [0.2, 0.25) is 10.0 Å². The lowest BCUT2D eigenvalue weighted by atomic mass is 10.1. The molecule has 1 aliphatic rings. The summed E-state index contributed by atoms with van der Waals surface area (Å²) in [5.41, 5.74) is 2.43. The van der Waals surface area contributed by atoms with Crippen LogP contribution < -0.4 is 14.8 Å². The average Bonchev–Trinajstić information content (AvgIpc) is 3.24. The summed E-state index contributed by atoms with van der Waals surface area (Å²) in [5.74, 6) is -0.113. The van der Waals surface area contributed by atoms with Crippen molar-refractivity contribution in [3.05, 3.63) is 59.2 Å². The monoisotopic (exact) mass is 445 g/mol. The van der Waals surface area contributed by atoms with Crippen molar-refractivity contribution in [2.24, 2.45) is 0 Å². The highest BCUT2D eigenvalue weighted by Gasteiger charge is 2.26. The number of amides is 1. The van der Waals surface area contributed by atoms with Crippen molar-refractivity contribution >= 4 is 15.9 Å². The molecule has 0 aliphatic heterocycles. The predicted molar refractivity (Wildman–Crippen MR) is 121 cm³/mol. The van der Waals surface area contributed by atoms with Crippen LogP contribution in [0.25, 0.3) is 0 Å². The average molecular weight is 446 g/mol. The van der Waals surface area contributed by atoms with Gasteiger partial charge in [0.1, 0.15) is 10.6 Å². The van der Waals surface area contributed by atoms with Crippen LogP contribution in [0.15, 0.2) is 47.4 Å². The molecular formula is C23H31N3O4S. The van der Waals surface area contributed by atoms with Gasteiger partial charge in [-0.15, -0.1) is 0 Å². The third-order valence-corrected chi connectivity index (χ3v) is 6.98. The second-order valence-corrected chi connectivity index (χ2v) is 9.84. The Balaban J connectivity index is 1.77. The summed E-state index contributed by atoms with van der Waals surface area (Å²) < 4.78 is 33.9. The molecule has 1 saturated carbocycles. The molecule has 0 atom stereocenters. The Kier molecular flexibility index (Phi) is 7.69. The van der Waals surface area contributed by atoms with E-state index in [9.17, 15) is 13.2 Å². The molecule has 2 aromatic carbocycles. The summed E-state index contributed by atoms with van der Waals surface area (Å²) in [6.07, 6.45) is 3.69. The summed E-state index contributed by atoms with van der Waals surface area (Å²) >= 11 is 0. The third kappa shape index (κ3) is 6.06.